The molecular formula is C26H26ClNO7. The summed E-state index contributed by atoms with van der Waals surface area (Å²) in [5.41, 5.74) is 1.35. The van der Waals surface area contributed by atoms with Crippen LogP contribution >= 0.6 is 11.6 Å². The molecule has 3 aromatic rings. The van der Waals surface area contributed by atoms with E-state index in [1.54, 1.807) is 42.5 Å². The zero-order chi connectivity index (χ0) is 25.4. The second-order valence-corrected chi connectivity index (χ2v) is 7.63. The van der Waals surface area contributed by atoms with Crippen LogP contribution in [0, 0.1) is 0 Å². The molecule has 0 aliphatic heterocycles. The smallest absolute Gasteiger partial charge is 0.340 e. The van der Waals surface area contributed by atoms with E-state index in [0.29, 0.717) is 45.8 Å². The number of nitrogens with one attached hydrogen (secondary N) is 1. The lowest BCUT2D eigenvalue weighted by Gasteiger charge is -2.16. The minimum atomic E-state index is -0.634. The lowest BCUT2D eigenvalue weighted by atomic mass is 10.1. The number of carbonyl (C=O) groups is 2. The fourth-order valence-corrected chi connectivity index (χ4v) is 3.40. The highest BCUT2D eigenvalue weighted by Gasteiger charge is 2.20. The second kappa shape index (κ2) is 12.0. The number of carbonyl (C=O) groups excluding carboxylic acids is 2. The summed E-state index contributed by atoms with van der Waals surface area (Å²) < 4.78 is 27.0. The average molecular weight is 500 g/mol. The van der Waals surface area contributed by atoms with Gasteiger partial charge in [-0.1, -0.05) is 11.6 Å². The van der Waals surface area contributed by atoms with Crippen LogP contribution in [-0.2, 0) is 11.3 Å². The molecule has 0 saturated heterocycles. The highest BCUT2D eigenvalue weighted by atomic mass is 35.5. The highest BCUT2D eigenvalue weighted by molar-refractivity contribution is 6.30. The molecule has 3 aromatic carbocycles. The molecule has 0 spiro atoms. The monoisotopic (exact) mass is 499 g/mol. The molecule has 9 heteroatoms. The summed E-state index contributed by atoms with van der Waals surface area (Å²) in [4.78, 5) is 25.5. The summed E-state index contributed by atoms with van der Waals surface area (Å²) >= 11 is 5.93. The molecule has 184 valence electrons. The third-order valence-electron chi connectivity index (χ3n) is 5.01. The van der Waals surface area contributed by atoms with Crippen molar-refractivity contribution < 1.29 is 33.3 Å². The third kappa shape index (κ3) is 6.36. The van der Waals surface area contributed by atoms with Crippen LogP contribution in [0.5, 0.6) is 23.0 Å². The van der Waals surface area contributed by atoms with Crippen molar-refractivity contribution in [1.29, 1.82) is 0 Å². The normalized spacial score (nSPS) is 10.3. The van der Waals surface area contributed by atoms with E-state index in [-0.39, 0.29) is 17.9 Å². The van der Waals surface area contributed by atoms with Gasteiger partial charge in [-0.2, -0.15) is 0 Å². The van der Waals surface area contributed by atoms with Gasteiger partial charge in [-0.25, -0.2) is 4.79 Å². The molecule has 0 aromatic heterocycles. The maximum absolute atomic E-state index is 13.1. The lowest BCUT2D eigenvalue weighted by Crippen LogP contribution is -2.16. The topological polar surface area (TPSA) is 92.3 Å². The Bertz CT molecular complexity index is 1200. The Labute approximate surface area is 208 Å². The van der Waals surface area contributed by atoms with Gasteiger partial charge in [0.25, 0.3) is 5.91 Å². The Morgan fingerprint density at radius 2 is 1.54 bits per heavy atom. The summed E-state index contributed by atoms with van der Waals surface area (Å²) in [7, 11) is 4.16. The van der Waals surface area contributed by atoms with Gasteiger partial charge in [0.1, 0.15) is 18.1 Å². The Morgan fingerprint density at radius 1 is 0.857 bits per heavy atom. The van der Waals surface area contributed by atoms with Crippen LogP contribution < -0.4 is 24.3 Å². The first-order valence-electron chi connectivity index (χ1n) is 10.7. The molecule has 0 unspecified atom stereocenters. The fourth-order valence-electron chi connectivity index (χ4n) is 3.28. The van der Waals surface area contributed by atoms with Gasteiger partial charge in [0.15, 0.2) is 11.5 Å². The molecule has 0 fully saturated rings. The van der Waals surface area contributed by atoms with Crippen LogP contribution in [0.25, 0.3) is 0 Å². The quantitative estimate of drug-likeness (QED) is 0.375. The molecule has 8 nitrogen and oxygen atoms in total. The van der Waals surface area contributed by atoms with Gasteiger partial charge in [0, 0.05) is 28.3 Å². The van der Waals surface area contributed by atoms with Crippen molar-refractivity contribution in [2.45, 2.75) is 13.5 Å². The third-order valence-corrected chi connectivity index (χ3v) is 5.26. The summed E-state index contributed by atoms with van der Waals surface area (Å²) in [6.07, 6.45) is 0. The van der Waals surface area contributed by atoms with E-state index in [9.17, 15) is 9.59 Å². The molecule has 0 atom stereocenters. The number of anilines is 1. The first-order valence-corrected chi connectivity index (χ1v) is 11.1. The van der Waals surface area contributed by atoms with E-state index >= 15 is 0 Å². The van der Waals surface area contributed by atoms with E-state index < -0.39 is 11.9 Å². The van der Waals surface area contributed by atoms with Crippen molar-refractivity contribution in [3.05, 3.63) is 76.3 Å². The highest BCUT2D eigenvalue weighted by Crippen LogP contribution is 2.34. The Kier molecular flexibility index (Phi) is 8.80. The van der Waals surface area contributed by atoms with Gasteiger partial charge in [0.05, 0.1) is 39.2 Å². The van der Waals surface area contributed by atoms with Gasteiger partial charge in [-0.3, -0.25) is 4.79 Å². The van der Waals surface area contributed by atoms with Crippen molar-refractivity contribution in [1.82, 2.24) is 0 Å². The molecule has 0 saturated carbocycles. The summed E-state index contributed by atoms with van der Waals surface area (Å²) in [5, 5.41) is 3.36. The van der Waals surface area contributed by atoms with Crippen molar-refractivity contribution in [2.24, 2.45) is 0 Å². The molecular weight excluding hydrogens is 474 g/mol. The van der Waals surface area contributed by atoms with E-state index in [2.05, 4.69) is 5.32 Å². The largest absolute Gasteiger partial charge is 0.493 e. The number of hydrogen-bond donors (Lipinski definition) is 1. The maximum Gasteiger partial charge on any atom is 0.340 e. The van der Waals surface area contributed by atoms with Crippen molar-refractivity contribution in [3.63, 3.8) is 0 Å². The average Bonchev–Trinajstić information content (AvgIpc) is 2.88. The van der Waals surface area contributed by atoms with E-state index in [1.807, 2.05) is 6.92 Å². The minimum absolute atomic E-state index is 0.121. The molecule has 1 amide bonds. The van der Waals surface area contributed by atoms with E-state index in [1.165, 1.54) is 33.5 Å². The number of halogens is 1. The number of methoxy groups -OCH3 is 3. The number of benzene rings is 3. The minimum Gasteiger partial charge on any atom is -0.493 e. The van der Waals surface area contributed by atoms with Crippen molar-refractivity contribution >= 4 is 29.2 Å². The summed E-state index contributed by atoms with van der Waals surface area (Å²) in [5.74, 6) is 0.815. The Hall–Kier alpha value is -3.91. The molecule has 0 heterocycles. The Balaban J connectivity index is 1.89. The second-order valence-electron chi connectivity index (χ2n) is 7.20. The molecule has 0 aliphatic carbocycles. The summed E-state index contributed by atoms with van der Waals surface area (Å²) in [6.45, 7) is 2.49. The van der Waals surface area contributed by atoms with Gasteiger partial charge in [-0.05, 0) is 49.4 Å². The van der Waals surface area contributed by atoms with Gasteiger partial charge < -0.3 is 29.0 Å². The zero-order valence-corrected chi connectivity index (χ0v) is 20.6. The SMILES string of the molecule is CCOc1ccc(C(=O)Nc2cc(OC)c(OC)cc2C(=O)OC)cc1COc1ccc(Cl)cc1. The molecule has 35 heavy (non-hydrogen) atoms. The maximum atomic E-state index is 13.1. The first-order chi connectivity index (χ1) is 16.9. The van der Waals surface area contributed by atoms with Crippen LogP contribution in [0.1, 0.15) is 33.2 Å². The van der Waals surface area contributed by atoms with Crippen LogP contribution in [-0.4, -0.2) is 39.8 Å². The zero-order valence-electron chi connectivity index (χ0n) is 19.8. The number of esters is 1. The molecule has 0 radical (unpaired) electrons. The molecule has 0 bridgehead atoms. The predicted octanol–water partition coefficient (Wildman–Crippen LogP) is 5.37. The predicted molar refractivity (Wildman–Crippen MR) is 132 cm³/mol. The van der Waals surface area contributed by atoms with E-state index in [4.69, 9.17) is 35.3 Å². The number of ether oxygens (including phenoxy) is 5. The van der Waals surface area contributed by atoms with E-state index in [0.717, 1.165) is 0 Å². The molecule has 0 aliphatic rings. The van der Waals surface area contributed by atoms with Crippen molar-refractivity contribution in [2.75, 3.05) is 33.3 Å². The summed E-state index contributed by atoms with van der Waals surface area (Å²) in [6, 6.07) is 14.9. The van der Waals surface area contributed by atoms with Gasteiger partial charge in [0.2, 0.25) is 0 Å². The molecule has 3 rings (SSSR count). The van der Waals surface area contributed by atoms with Gasteiger partial charge in [-0.15, -0.1) is 0 Å². The first kappa shape index (κ1) is 25.7. The number of amides is 1. The number of hydrogen-bond acceptors (Lipinski definition) is 7. The standard InChI is InChI=1S/C26H26ClNO7/c1-5-34-22-11-6-16(12-17(22)15-35-19-9-7-18(27)8-10-19)25(29)28-21-14-24(32-3)23(31-2)13-20(21)26(30)33-4/h6-14H,5,15H2,1-4H3,(H,28,29). The van der Waals surface area contributed by atoms with Crippen LogP contribution in [0.3, 0.4) is 0 Å². The van der Waals surface area contributed by atoms with Gasteiger partial charge >= 0.3 is 5.97 Å². The fraction of sp³-hybridized carbons (Fsp3) is 0.231. The lowest BCUT2D eigenvalue weighted by molar-refractivity contribution is 0.0601. The number of rotatable bonds is 10. The Morgan fingerprint density at radius 3 is 2.17 bits per heavy atom. The van der Waals surface area contributed by atoms with Crippen LogP contribution in [0.2, 0.25) is 5.02 Å². The van der Waals surface area contributed by atoms with Crippen molar-refractivity contribution in [3.8, 4) is 23.0 Å². The van der Waals surface area contributed by atoms with Crippen LogP contribution in [0.15, 0.2) is 54.6 Å². The molecule has 1 N–H and O–H groups in total. The van der Waals surface area contributed by atoms with Crippen LogP contribution in [0.4, 0.5) is 5.69 Å².